The van der Waals surface area contributed by atoms with Crippen molar-refractivity contribution in [2.75, 3.05) is 20.3 Å². The third kappa shape index (κ3) is 4.15. The number of rotatable bonds is 7. The van der Waals surface area contributed by atoms with Crippen LogP contribution in [0.4, 0.5) is 0 Å². The Morgan fingerprint density at radius 1 is 1.00 bits per heavy atom. The predicted octanol–water partition coefficient (Wildman–Crippen LogP) is 3.52. The molecule has 0 unspecified atom stereocenters. The second-order valence-corrected chi connectivity index (χ2v) is 4.67. The van der Waals surface area contributed by atoms with Crippen molar-refractivity contribution in [2.45, 2.75) is 6.54 Å². The molecule has 0 amide bonds. The van der Waals surface area contributed by atoms with E-state index < -0.39 is 0 Å². The van der Waals surface area contributed by atoms with E-state index in [1.165, 1.54) is 0 Å². The maximum absolute atomic E-state index is 6.08. The first kappa shape index (κ1) is 14.7. The normalized spacial score (nSPS) is 10.3. The van der Waals surface area contributed by atoms with Gasteiger partial charge in [0.05, 0.1) is 7.11 Å². The van der Waals surface area contributed by atoms with Crippen LogP contribution in [0.1, 0.15) is 5.56 Å². The Kier molecular flexibility index (Phi) is 5.71. The third-order valence-corrected chi connectivity index (χ3v) is 3.25. The molecule has 0 aliphatic heterocycles. The summed E-state index contributed by atoms with van der Waals surface area (Å²) in [6.45, 7) is 2.04. The SMILES string of the molecule is COc1ccccc1OCCNCc1ccccc1Cl. The summed E-state index contributed by atoms with van der Waals surface area (Å²) in [4.78, 5) is 0. The summed E-state index contributed by atoms with van der Waals surface area (Å²) < 4.78 is 10.9. The Morgan fingerprint density at radius 2 is 1.70 bits per heavy atom. The summed E-state index contributed by atoms with van der Waals surface area (Å²) in [5, 5.41) is 4.08. The molecule has 4 heteroatoms. The minimum absolute atomic E-state index is 0.574. The Bertz CT molecular complexity index is 546. The first-order valence-corrected chi connectivity index (χ1v) is 6.89. The van der Waals surface area contributed by atoms with Crippen molar-refractivity contribution in [2.24, 2.45) is 0 Å². The monoisotopic (exact) mass is 291 g/mol. The fraction of sp³-hybridized carbons (Fsp3) is 0.250. The second-order valence-electron chi connectivity index (χ2n) is 4.27. The van der Waals surface area contributed by atoms with E-state index in [2.05, 4.69) is 5.32 Å². The Balaban J connectivity index is 1.73. The number of halogens is 1. The smallest absolute Gasteiger partial charge is 0.161 e. The lowest BCUT2D eigenvalue weighted by atomic mass is 10.2. The Labute approximate surface area is 124 Å². The molecule has 2 aromatic rings. The van der Waals surface area contributed by atoms with Crippen LogP contribution in [0.15, 0.2) is 48.5 Å². The molecule has 0 aromatic heterocycles. The van der Waals surface area contributed by atoms with Crippen LogP contribution in [0, 0.1) is 0 Å². The maximum Gasteiger partial charge on any atom is 0.161 e. The molecule has 2 rings (SSSR count). The minimum atomic E-state index is 0.574. The number of ether oxygens (including phenoxy) is 2. The Hall–Kier alpha value is -1.71. The zero-order valence-electron chi connectivity index (χ0n) is 11.4. The first-order chi connectivity index (χ1) is 9.81. The highest BCUT2D eigenvalue weighted by Crippen LogP contribution is 2.25. The minimum Gasteiger partial charge on any atom is -0.493 e. The van der Waals surface area contributed by atoms with E-state index in [-0.39, 0.29) is 0 Å². The lowest BCUT2D eigenvalue weighted by molar-refractivity contribution is 0.292. The molecular formula is C16H18ClNO2. The molecule has 0 atom stereocenters. The van der Waals surface area contributed by atoms with E-state index >= 15 is 0 Å². The van der Waals surface area contributed by atoms with Crippen molar-refractivity contribution in [3.8, 4) is 11.5 Å². The van der Waals surface area contributed by atoms with Crippen LogP contribution in [0.2, 0.25) is 5.02 Å². The molecule has 106 valence electrons. The summed E-state index contributed by atoms with van der Waals surface area (Å²) in [5.41, 5.74) is 1.09. The van der Waals surface area contributed by atoms with Crippen LogP contribution in [-0.2, 0) is 6.54 Å². The third-order valence-electron chi connectivity index (χ3n) is 2.88. The van der Waals surface area contributed by atoms with Gasteiger partial charge in [-0.25, -0.2) is 0 Å². The van der Waals surface area contributed by atoms with Gasteiger partial charge in [0.2, 0.25) is 0 Å². The quantitative estimate of drug-likeness (QED) is 0.792. The van der Waals surface area contributed by atoms with Gasteiger partial charge >= 0.3 is 0 Å². The van der Waals surface area contributed by atoms with Crippen molar-refractivity contribution in [1.29, 1.82) is 0 Å². The van der Waals surface area contributed by atoms with Crippen molar-refractivity contribution < 1.29 is 9.47 Å². The molecule has 3 nitrogen and oxygen atoms in total. The van der Waals surface area contributed by atoms with E-state index in [0.29, 0.717) is 6.61 Å². The van der Waals surface area contributed by atoms with Gasteiger partial charge in [0.15, 0.2) is 11.5 Å². The predicted molar refractivity (Wildman–Crippen MR) is 81.6 cm³/mol. The molecule has 0 radical (unpaired) electrons. The van der Waals surface area contributed by atoms with Gasteiger partial charge in [-0.1, -0.05) is 41.9 Å². The molecule has 0 heterocycles. The summed E-state index contributed by atoms with van der Waals surface area (Å²) in [5.74, 6) is 1.51. The molecule has 1 N–H and O–H groups in total. The van der Waals surface area contributed by atoms with Gasteiger partial charge in [0, 0.05) is 18.1 Å². The van der Waals surface area contributed by atoms with Gasteiger partial charge in [-0.3, -0.25) is 0 Å². The average Bonchev–Trinajstić information content (AvgIpc) is 2.49. The highest BCUT2D eigenvalue weighted by molar-refractivity contribution is 6.31. The fourth-order valence-electron chi connectivity index (χ4n) is 1.84. The number of hydrogen-bond donors (Lipinski definition) is 1. The zero-order valence-corrected chi connectivity index (χ0v) is 12.2. The van der Waals surface area contributed by atoms with Crippen LogP contribution < -0.4 is 14.8 Å². The topological polar surface area (TPSA) is 30.5 Å². The van der Waals surface area contributed by atoms with Gasteiger partial charge in [-0.05, 0) is 23.8 Å². The van der Waals surface area contributed by atoms with Crippen molar-refractivity contribution in [1.82, 2.24) is 5.32 Å². The zero-order chi connectivity index (χ0) is 14.2. The van der Waals surface area contributed by atoms with E-state index in [9.17, 15) is 0 Å². The van der Waals surface area contributed by atoms with E-state index in [4.69, 9.17) is 21.1 Å². The highest BCUT2D eigenvalue weighted by Gasteiger charge is 2.02. The number of nitrogens with one attached hydrogen (secondary N) is 1. The second kappa shape index (κ2) is 7.78. The van der Waals surface area contributed by atoms with Gasteiger partial charge in [0.1, 0.15) is 6.61 Å². The number of methoxy groups -OCH3 is 1. The summed E-state index contributed by atoms with van der Waals surface area (Å²) in [6.07, 6.45) is 0. The van der Waals surface area contributed by atoms with Gasteiger partial charge in [0.25, 0.3) is 0 Å². The standard InChI is InChI=1S/C16H18ClNO2/c1-19-15-8-4-5-9-16(15)20-11-10-18-12-13-6-2-3-7-14(13)17/h2-9,18H,10-12H2,1H3. The van der Waals surface area contributed by atoms with E-state index in [0.717, 1.165) is 35.2 Å². The number of benzene rings is 2. The highest BCUT2D eigenvalue weighted by atomic mass is 35.5. The fourth-order valence-corrected chi connectivity index (χ4v) is 2.04. The average molecular weight is 292 g/mol. The van der Waals surface area contributed by atoms with E-state index in [1.54, 1.807) is 7.11 Å². The van der Waals surface area contributed by atoms with Crippen LogP contribution in [0.25, 0.3) is 0 Å². The van der Waals surface area contributed by atoms with Crippen molar-refractivity contribution in [3.63, 3.8) is 0 Å². The van der Waals surface area contributed by atoms with Crippen LogP contribution in [-0.4, -0.2) is 20.3 Å². The number of para-hydroxylation sites is 2. The number of hydrogen-bond acceptors (Lipinski definition) is 3. The molecule has 20 heavy (non-hydrogen) atoms. The lowest BCUT2D eigenvalue weighted by Gasteiger charge is -2.11. The van der Waals surface area contributed by atoms with Gasteiger partial charge in [-0.2, -0.15) is 0 Å². The molecule has 2 aromatic carbocycles. The van der Waals surface area contributed by atoms with E-state index in [1.807, 2.05) is 48.5 Å². The van der Waals surface area contributed by atoms with Crippen LogP contribution in [0.3, 0.4) is 0 Å². The molecule has 0 saturated carbocycles. The molecule has 0 aliphatic carbocycles. The molecule has 0 spiro atoms. The molecular weight excluding hydrogens is 274 g/mol. The van der Waals surface area contributed by atoms with Crippen molar-refractivity contribution in [3.05, 3.63) is 59.1 Å². The molecule has 0 bridgehead atoms. The largest absolute Gasteiger partial charge is 0.493 e. The molecule has 0 fully saturated rings. The first-order valence-electron chi connectivity index (χ1n) is 6.51. The van der Waals surface area contributed by atoms with Crippen LogP contribution in [0.5, 0.6) is 11.5 Å². The van der Waals surface area contributed by atoms with Crippen LogP contribution >= 0.6 is 11.6 Å². The van der Waals surface area contributed by atoms with Crippen molar-refractivity contribution >= 4 is 11.6 Å². The van der Waals surface area contributed by atoms with Gasteiger partial charge < -0.3 is 14.8 Å². The van der Waals surface area contributed by atoms with Gasteiger partial charge in [-0.15, -0.1) is 0 Å². The summed E-state index contributed by atoms with van der Waals surface area (Å²) in [6, 6.07) is 15.4. The Morgan fingerprint density at radius 3 is 2.45 bits per heavy atom. The molecule has 0 saturated heterocycles. The molecule has 0 aliphatic rings. The summed E-state index contributed by atoms with van der Waals surface area (Å²) in [7, 11) is 1.64. The maximum atomic E-state index is 6.08. The lowest BCUT2D eigenvalue weighted by Crippen LogP contribution is -2.20. The summed E-state index contributed by atoms with van der Waals surface area (Å²) >= 11 is 6.08.